The molecule has 1 fully saturated rings. The summed E-state index contributed by atoms with van der Waals surface area (Å²) in [5, 5.41) is 6.81. The maximum atomic E-state index is 15.1. The Labute approximate surface area is 264 Å². The van der Waals surface area contributed by atoms with Crippen LogP contribution in [0.2, 0.25) is 0 Å². The van der Waals surface area contributed by atoms with Crippen molar-refractivity contribution in [2.75, 3.05) is 16.0 Å². The van der Waals surface area contributed by atoms with Gasteiger partial charge in [0.1, 0.15) is 12.1 Å². The second kappa shape index (κ2) is 12.6. The predicted octanol–water partition coefficient (Wildman–Crippen LogP) is 7.05. The standard InChI is InChI=1S/C32H23F4N7O2S/c1-19-4-5-21(14-20-3-2-12-37-16-20)27(13-19)43-28(44)17-46-31(43)40-30(45)39-26-11-6-22(15-25(26)33)29-38-18-42(41-29)24-9-7-23(8-10-24)32(34,35)36/h2-13,15-16,18H,14,17H2,1H3,(H,39,45)/b40-31-. The minimum atomic E-state index is -4.47. The van der Waals surface area contributed by atoms with Crippen molar-refractivity contribution in [3.05, 3.63) is 120 Å². The van der Waals surface area contributed by atoms with Gasteiger partial charge in [-0.25, -0.2) is 18.9 Å². The molecule has 1 saturated heterocycles. The van der Waals surface area contributed by atoms with Gasteiger partial charge >= 0.3 is 12.2 Å². The molecule has 232 valence electrons. The van der Waals surface area contributed by atoms with Crippen molar-refractivity contribution in [3.8, 4) is 17.1 Å². The van der Waals surface area contributed by atoms with Crippen LogP contribution >= 0.6 is 11.8 Å². The number of anilines is 2. The Hall–Kier alpha value is -5.37. The number of benzene rings is 3. The number of carbonyl (C=O) groups excluding carboxylic acids is 2. The van der Waals surface area contributed by atoms with Crippen molar-refractivity contribution in [2.45, 2.75) is 19.5 Å². The topological polar surface area (TPSA) is 105 Å². The van der Waals surface area contributed by atoms with E-state index in [0.29, 0.717) is 17.8 Å². The van der Waals surface area contributed by atoms with Crippen LogP contribution in [0.15, 0.2) is 96.5 Å². The highest BCUT2D eigenvalue weighted by Crippen LogP contribution is 2.33. The fourth-order valence-electron chi connectivity index (χ4n) is 4.74. The Morgan fingerprint density at radius 2 is 1.87 bits per heavy atom. The minimum absolute atomic E-state index is 0.0849. The van der Waals surface area contributed by atoms with E-state index >= 15 is 4.39 Å². The number of urea groups is 1. The zero-order valence-electron chi connectivity index (χ0n) is 24.0. The number of hydrogen-bond donors (Lipinski definition) is 1. The van der Waals surface area contributed by atoms with Gasteiger partial charge in [0.15, 0.2) is 11.0 Å². The molecule has 46 heavy (non-hydrogen) atoms. The van der Waals surface area contributed by atoms with E-state index in [1.54, 1.807) is 12.4 Å². The van der Waals surface area contributed by atoms with E-state index in [1.807, 2.05) is 37.3 Å². The SMILES string of the molecule is Cc1ccc(Cc2cccnc2)c(N2C(=O)CS/C2=N\C(=O)Nc2ccc(-c3ncn(-c4ccc(C(F)(F)F)cc4)n3)cc2F)c1. The summed E-state index contributed by atoms with van der Waals surface area (Å²) in [6, 6.07) is 16.9. The number of carbonyl (C=O) groups is 2. The highest BCUT2D eigenvalue weighted by molar-refractivity contribution is 8.15. The van der Waals surface area contributed by atoms with E-state index in [9.17, 15) is 22.8 Å². The fourth-order valence-corrected chi connectivity index (χ4v) is 5.60. The van der Waals surface area contributed by atoms with Crippen LogP contribution in [0.25, 0.3) is 17.1 Å². The summed E-state index contributed by atoms with van der Waals surface area (Å²) in [5.74, 6) is -0.829. The van der Waals surface area contributed by atoms with E-state index < -0.39 is 23.6 Å². The molecule has 0 saturated carbocycles. The summed E-state index contributed by atoms with van der Waals surface area (Å²) in [5.41, 5.74) is 2.96. The average Bonchev–Trinajstić information content (AvgIpc) is 3.66. The molecule has 9 nitrogen and oxygen atoms in total. The van der Waals surface area contributed by atoms with Gasteiger partial charge in [0.25, 0.3) is 0 Å². The van der Waals surface area contributed by atoms with Gasteiger partial charge in [-0.05, 0) is 78.2 Å². The lowest BCUT2D eigenvalue weighted by Gasteiger charge is -2.20. The number of aliphatic imine (C=N–C) groups is 1. The maximum Gasteiger partial charge on any atom is 0.416 e. The molecule has 14 heteroatoms. The van der Waals surface area contributed by atoms with Crippen LogP contribution in [0.1, 0.15) is 22.3 Å². The van der Waals surface area contributed by atoms with Crippen molar-refractivity contribution >= 4 is 40.2 Å². The lowest BCUT2D eigenvalue weighted by Crippen LogP contribution is -2.31. The van der Waals surface area contributed by atoms with E-state index in [2.05, 4.69) is 25.4 Å². The smallest absolute Gasteiger partial charge is 0.303 e. The highest BCUT2D eigenvalue weighted by Gasteiger charge is 2.32. The van der Waals surface area contributed by atoms with Crippen LogP contribution in [-0.4, -0.2) is 42.6 Å². The number of thioether (sulfide) groups is 1. The van der Waals surface area contributed by atoms with Crippen LogP contribution < -0.4 is 10.2 Å². The number of aromatic nitrogens is 4. The molecule has 0 unspecified atom stereocenters. The summed E-state index contributed by atoms with van der Waals surface area (Å²) in [6.45, 7) is 1.90. The van der Waals surface area contributed by atoms with E-state index in [4.69, 9.17) is 0 Å². The number of halogens is 4. The number of aryl methyl sites for hydroxylation is 1. The molecule has 0 atom stereocenters. The number of alkyl halides is 3. The van der Waals surface area contributed by atoms with Gasteiger partial charge in [0, 0.05) is 24.4 Å². The number of rotatable bonds is 6. The van der Waals surface area contributed by atoms with Crippen LogP contribution in [0, 0.1) is 12.7 Å². The van der Waals surface area contributed by atoms with Crippen molar-refractivity contribution in [1.82, 2.24) is 19.7 Å². The van der Waals surface area contributed by atoms with E-state index in [1.165, 1.54) is 40.2 Å². The first kappa shape index (κ1) is 30.6. The Bertz CT molecular complexity index is 1960. The van der Waals surface area contributed by atoms with Gasteiger partial charge in [-0.15, -0.1) is 5.10 Å². The summed E-state index contributed by atoms with van der Waals surface area (Å²) >= 11 is 1.10. The number of amidine groups is 1. The van der Waals surface area contributed by atoms with E-state index in [0.717, 1.165) is 46.7 Å². The Kier molecular flexibility index (Phi) is 8.37. The molecule has 5 aromatic rings. The molecular weight excluding hydrogens is 622 g/mol. The highest BCUT2D eigenvalue weighted by atomic mass is 32.2. The normalized spacial score (nSPS) is 14.2. The third-order valence-electron chi connectivity index (χ3n) is 6.98. The fraction of sp³-hybridized carbons (Fsp3) is 0.125. The molecule has 6 rings (SSSR count). The molecule has 0 radical (unpaired) electrons. The molecule has 1 aliphatic rings. The summed E-state index contributed by atoms with van der Waals surface area (Å²) in [6.07, 6.45) is 0.756. The Balaban J connectivity index is 1.19. The third kappa shape index (κ3) is 6.66. The largest absolute Gasteiger partial charge is 0.416 e. The van der Waals surface area contributed by atoms with Crippen molar-refractivity contribution < 1.29 is 27.2 Å². The first-order chi connectivity index (χ1) is 22.0. The predicted molar refractivity (Wildman–Crippen MR) is 166 cm³/mol. The summed E-state index contributed by atoms with van der Waals surface area (Å²) in [4.78, 5) is 39.7. The Morgan fingerprint density at radius 1 is 1.07 bits per heavy atom. The second-order valence-electron chi connectivity index (χ2n) is 10.3. The van der Waals surface area contributed by atoms with Gasteiger partial charge in [-0.1, -0.05) is 30.0 Å². The monoisotopic (exact) mass is 645 g/mol. The molecule has 0 bridgehead atoms. The van der Waals surface area contributed by atoms with Crippen LogP contribution in [0.3, 0.4) is 0 Å². The van der Waals surface area contributed by atoms with Gasteiger partial charge in [0.05, 0.1) is 28.4 Å². The van der Waals surface area contributed by atoms with Crippen LogP contribution in [0.5, 0.6) is 0 Å². The summed E-state index contributed by atoms with van der Waals surface area (Å²) in [7, 11) is 0. The molecule has 1 N–H and O–H groups in total. The summed E-state index contributed by atoms with van der Waals surface area (Å²) < 4.78 is 55.0. The second-order valence-corrected chi connectivity index (χ2v) is 11.2. The number of hydrogen-bond acceptors (Lipinski definition) is 6. The zero-order chi connectivity index (χ0) is 32.4. The molecular formula is C32H23F4N7O2S. The zero-order valence-corrected chi connectivity index (χ0v) is 24.8. The average molecular weight is 646 g/mol. The number of nitrogens with one attached hydrogen (secondary N) is 1. The quantitative estimate of drug-likeness (QED) is 0.199. The molecule has 2 aromatic heterocycles. The first-order valence-electron chi connectivity index (χ1n) is 13.8. The lowest BCUT2D eigenvalue weighted by atomic mass is 10.0. The third-order valence-corrected chi connectivity index (χ3v) is 7.90. The van der Waals surface area contributed by atoms with E-state index in [-0.39, 0.29) is 33.9 Å². The minimum Gasteiger partial charge on any atom is -0.303 e. The van der Waals surface area contributed by atoms with Crippen LogP contribution in [0.4, 0.5) is 33.7 Å². The van der Waals surface area contributed by atoms with Gasteiger partial charge in [0.2, 0.25) is 5.91 Å². The molecule has 3 amide bonds. The van der Waals surface area contributed by atoms with Crippen LogP contribution in [-0.2, 0) is 17.4 Å². The molecule has 0 aliphatic carbocycles. The van der Waals surface area contributed by atoms with Gasteiger partial charge in [-0.3, -0.25) is 14.7 Å². The lowest BCUT2D eigenvalue weighted by molar-refractivity contribution is -0.137. The maximum absolute atomic E-state index is 15.1. The van der Waals surface area contributed by atoms with Crippen molar-refractivity contribution in [2.24, 2.45) is 4.99 Å². The van der Waals surface area contributed by atoms with Crippen molar-refractivity contribution in [3.63, 3.8) is 0 Å². The van der Waals surface area contributed by atoms with Gasteiger partial charge in [-0.2, -0.15) is 18.2 Å². The van der Waals surface area contributed by atoms with Gasteiger partial charge < -0.3 is 5.32 Å². The number of pyridine rings is 1. The molecule has 3 aromatic carbocycles. The first-order valence-corrected chi connectivity index (χ1v) is 14.8. The molecule has 3 heterocycles. The van der Waals surface area contributed by atoms with Crippen molar-refractivity contribution in [1.29, 1.82) is 0 Å². The molecule has 1 aliphatic heterocycles. The number of amides is 3. The number of nitrogens with zero attached hydrogens (tertiary/aromatic N) is 6. The Morgan fingerprint density at radius 3 is 2.59 bits per heavy atom. The molecule has 0 spiro atoms.